The van der Waals surface area contributed by atoms with E-state index in [1.807, 2.05) is 12.1 Å². The minimum atomic E-state index is -0.153. The predicted molar refractivity (Wildman–Crippen MR) is 60.6 cm³/mol. The van der Waals surface area contributed by atoms with E-state index in [0.717, 1.165) is 5.56 Å². The largest absolute Gasteiger partial charge is 0.337 e. The Bertz CT molecular complexity index is 435. The van der Waals surface area contributed by atoms with Gasteiger partial charge in [-0.05, 0) is 17.7 Å². The fourth-order valence-corrected chi connectivity index (χ4v) is 1.95. The number of likely N-dealkylation sites (tertiary alicyclic amines) is 1. The van der Waals surface area contributed by atoms with Gasteiger partial charge in [0, 0.05) is 24.5 Å². The normalized spacial score (nSPS) is 19.9. The lowest BCUT2D eigenvalue weighted by atomic mass is 10.1. The van der Waals surface area contributed by atoms with Gasteiger partial charge in [-0.25, -0.2) is 0 Å². The molecule has 0 saturated carbocycles. The van der Waals surface area contributed by atoms with Crippen LogP contribution in [0.2, 0.25) is 5.02 Å². The van der Waals surface area contributed by atoms with Gasteiger partial charge in [0.1, 0.15) is 0 Å². The van der Waals surface area contributed by atoms with Crippen LogP contribution in [0.25, 0.3) is 0 Å². The predicted octanol–water partition coefficient (Wildman–Crippen LogP) is 2.21. The van der Waals surface area contributed by atoms with Crippen molar-refractivity contribution in [3.63, 3.8) is 0 Å². The molecule has 0 bridgehead atoms. The van der Waals surface area contributed by atoms with Gasteiger partial charge in [-0.3, -0.25) is 4.79 Å². The molecule has 2 rings (SSSR count). The minimum Gasteiger partial charge on any atom is -0.337 e. The number of benzene rings is 1. The summed E-state index contributed by atoms with van der Waals surface area (Å²) in [5.74, 6) is -0.0960. The molecule has 1 fully saturated rings. The van der Waals surface area contributed by atoms with Crippen LogP contribution in [0.5, 0.6) is 0 Å². The Labute approximate surface area is 99.2 Å². The Morgan fingerprint density at radius 3 is 2.69 bits per heavy atom. The molecule has 82 valence electrons. The first-order valence-corrected chi connectivity index (χ1v) is 5.48. The quantitative estimate of drug-likeness (QED) is 0.788. The summed E-state index contributed by atoms with van der Waals surface area (Å²) in [6, 6.07) is 9.54. The highest BCUT2D eigenvalue weighted by Crippen LogP contribution is 2.20. The van der Waals surface area contributed by atoms with Gasteiger partial charge in [0.2, 0.25) is 5.91 Å². The number of halogens is 1. The van der Waals surface area contributed by atoms with E-state index in [1.54, 1.807) is 17.0 Å². The number of nitriles is 1. The smallest absolute Gasteiger partial charge is 0.224 e. The fraction of sp³-hybridized carbons (Fsp3) is 0.333. The fourth-order valence-electron chi connectivity index (χ4n) is 1.82. The molecule has 0 N–H and O–H groups in total. The molecule has 1 atom stereocenters. The maximum atomic E-state index is 11.6. The summed E-state index contributed by atoms with van der Waals surface area (Å²) in [5, 5.41) is 9.44. The molecule has 0 spiro atoms. The van der Waals surface area contributed by atoms with Crippen molar-refractivity contribution in [3.05, 3.63) is 34.9 Å². The van der Waals surface area contributed by atoms with Crippen LogP contribution in [0.1, 0.15) is 12.0 Å². The summed E-state index contributed by atoms with van der Waals surface area (Å²) in [4.78, 5) is 13.3. The van der Waals surface area contributed by atoms with Crippen molar-refractivity contribution in [1.29, 1.82) is 5.26 Å². The van der Waals surface area contributed by atoms with Crippen molar-refractivity contribution in [2.75, 3.05) is 6.54 Å². The zero-order chi connectivity index (χ0) is 11.5. The molecule has 1 aliphatic rings. The Balaban J connectivity index is 2.03. The molecule has 1 unspecified atom stereocenters. The van der Waals surface area contributed by atoms with Gasteiger partial charge >= 0.3 is 0 Å². The molecule has 4 heteroatoms. The van der Waals surface area contributed by atoms with E-state index in [0.29, 0.717) is 24.5 Å². The highest BCUT2D eigenvalue weighted by molar-refractivity contribution is 6.30. The number of amides is 1. The monoisotopic (exact) mass is 234 g/mol. The molecule has 0 radical (unpaired) electrons. The number of hydrogen-bond donors (Lipinski definition) is 0. The number of carbonyl (C=O) groups is 1. The highest BCUT2D eigenvalue weighted by Gasteiger charge is 2.29. The van der Waals surface area contributed by atoms with Gasteiger partial charge < -0.3 is 4.90 Å². The third kappa shape index (κ3) is 2.34. The first-order chi connectivity index (χ1) is 7.69. The second-order valence-corrected chi connectivity index (χ2v) is 4.37. The number of rotatable bonds is 2. The van der Waals surface area contributed by atoms with Crippen molar-refractivity contribution in [3.8, 4) is 6.07 Å². The van der Waals surface area contributed by atoms with Gasteiger partial charge in [-0.15, -0.1) is 0 Å². The maximum absolute atomic E-state index is 11.6. The zero-order valence-electron chi connectivity index (χ0n) is 8.69. The van der Waals surface area contributed by atoms with Gasteiger partial charge in [-0.1, -0.05) is 23.7 Å². The lowest BCUT2D eigenvalue weighted by molar-refractivity contribution is -0.128. The van der Waals surface area contributed by atoms with Crippen molar-refractivity contribution < 1.29 is 4.79 Å². The standard InChI is InChI=1S/C12H11ClN2O/c13-11-3-1-9(2-4-11)7-15-8-10(6-14)5-12(15)16/h1-4,10H,5,7-8H2. The van der Waals surface area contributed by atoms with Crippen molar-refractivity contribution in [2.24, 2.45) is 5.92 Å². The molecule has 16 heavy (non-hydrogen) atoms. The van der Waals surface area contributed by atoms with Gasteiger partial charge in [0.05, 0.1) is 12.0 Å². The van der Waals surface area contributed by atoms with E-state index in [9.17, 15) is 4.79 Å². The molecule has 1 aliphatic heterocycles. The number of nitrogens with zero attached hydrogens (tertiary/aromatic N) is 2. The highest BCUT2D eigenvalue weighted by atomic mass is 35.5. The van der Waals surface area contributed by atoms with Crippen molar-refractivity contribution >= 4 is 17.5 Å². The third-order valence-electron chi connectivity index (χ3n) is 2.68. The average Bonchev–Trinajstić information content (AvgIpc) is 2.63. The third-order valence-corrected chi connectivity index (χ3v) is 2.94. The van der Waals surface area contributed by atoms with E-state index in [2.05, 4.69) is 6.07 Å². The summed E-state index contributed by atoms with van der Waals surface area (Å²) in [5.41, 5.74) is 1.04. The number of carbonyl (C=O) groups excluding carboxylic acids is 1. The first-order valence-electron chi connectivity index (χ1n) is 5.11. The molecule has 1 saturated heterocycles. The Morgan fingerprint density at radius 2 is 2.12 bits per heavy atom. The van der Waals surface area contributed by atoms with Crippen LogP contribution in [0, 0.1) is 17.2 Å². The Morgan fingerprint density at radius 1 is 1.44 bits per heavy atom. The lowest BCUT2D eigenvalue weighted by Gasteiger charge is -2.15. The second-order valence-electron chi connectivity index (χ2n) is 3.93. The summed E-state index contributed by atoms with van der Waals surface area (Å²) >= 11 is 5.78. The maximum Gasteiger partial charge on any atom is 0.224 e. The minimum absolute atomic E-state index is 0.0569. The van der Waals surface area contributed by atoms with Gasteiger partial charge in [0.15, 0.2) is 0 Å². The molecule has 1 aromatic carbocycles. The molecule has 0 aliphatic carbocycles. The zero-order valence-corrected chi connectivity index (χ0v) is 9.44. The van der Waals surface area contributed by atoms with Gasteiger partial charge in [-0.2, -0.15) is 5.26 Å². The van der Waals surface area contributed by atoms with Crippen LogP contribution in [0.15, 0.2) is 24.3 Å². The summed E-state index contributed by atoms with van der Waals surface area (Å²) in [7, 11) is 0. The SMILES string of the molecule is N#CC1CC(=O)N(Cc2ccc(Cl)cc2)C1. The van der Waals surface area contributed by atoms with E-state index in [4.69, 9.17) is 16.9 Å². The van der Waals surface area contributed by atoms with E-state index in [-0.39, 0.29) is 11.8 Å². The molecular formula is C12H11ClN2O. The van der Waals surface area contributed by atoms with Gasteiger partial charge in [0.25, 0.3) is 0 Å². The van der Waals surface area contributed by atoms with Crippen molar-refractivity contribution in [1.82, 2.24) is 4.90 Å². The van der Waals surface area contributed by atoms with E-state index >= 15 is 0 Å². The summed E-state index contributed by atoms with van der Waals surface area (Å²) in [6.45, 7) is 1.10. The van der Waals surface area contributed by atoms with Crippen LogP contribution < -0.4 is 0 Å². The molecule has 1 heterocycles. The molecular weight excluding hydrogens is 224 g/mol. The molecule has 1 amide bonds. The van der Waals surface area contributed by atoms with Crippen molar-refractivity contribution in [2.45, 2.75) is 13.0 Å². The topological polar surface area (TPSA) is 44.1 Å². The molecule has 0 aromatic heterocycles. The summed E-state index contributed by atoms with van der Waals surface area (Å²) < 4.78 is 0. The lowest BCUT2D eigenvalue weighted by Crippen LogP contribution is -2.24. The first kappa shape index (κ1) is 11.0. The average molecular weight is 235 g/mol. The van der Waals surface area contributed by atoms with E-state index in [1.165, 1.54) is 0 Å². The Kier molecular flexibility index (Phi) is 3.12. The summed E-state index contributed by atoms with van der Waals surface area (Å²) in [6.07, 6.45) is 0.351. The number of hydrogen-bond acceptors (Lipinski definition) is 2. The molecule has 3 nitrogen and oxygen atoms in total. The van der Waals surface area contributed by atoms with Crippen LogP contribution >= 0.6 is 11.6 Å². The van der Waals surface area contributed by atoms with Crippen LogP contribution in [0.4, 0.5) is 0 Å². The van der Waals surface area contributed by atoms with Crippen LogP contribution in [-0.2, 0) is 11.3 Å². The van der Waals surface area contributed by atoms with Crippen LogP contribution in [-0.4, -0.2) is 17.4 Å². The molecule has 1 aromatic rings. The van der Waals surface area contributed by atoms with E-state index < -0.39 is 0 Å². The Hall–Kier alpha value is -1.53. The van der Waals surface area contributed by atoms with Crippen LogP contribution in [0.3, 0.4) is 0 Å². The second kappa shape index (κ2) is 4.54.